The van der Waals surface area contributed by atoms with Gasteiger partial charge in [0.2, 0.25) is 0 Å². The Balaban J connectivity index is 1.95. The van der Waals surface area contributed by atoms with Gasteiger partial charge in [0.15, 0.2) is 10.8 Å². The van der Waals surface area contributed by atoms with E-state index in [2.05, 4.69) is 17.2 Å². The average Bonchev–Trinajstić information content (AvgIpc) is 2.82. The van der Waals surface area contributed by atoms with Crippen molar-refractivity contribution in [3.63, 3.8) is 0 Å². The second-order valence-corrected chi connectivity index (χ2v) is 5.44. The number of rotatable bonds is 4. The molecule has 5 nitrogen and oxygen atoms in total. The van der Waals surface area contributed by atoms with Crippen molar-refractivity contribution in [1.82, 2.24) is 4.98 Å². The molecule has 2 rings (SSSR count). The lowest BCUT2D eigenvalue weighted by molar-refractivity contribution is 0.0690. The van der Waals surface area contributed by atoms with E-state index >= 15 is 0 Å². The van der Waals surface area contributed by atoms with Crippen molar-refractivity contribution in [2.24, 2.45) is 5.92 Å². The smallest absolute Gasteiger partial charge is 0.355 e. The van der Waals surface area contributed by atoms with E-state index in [-0.39, 0.29) is 11.8 Å². The molecule has 2 atom stereocenters. The van der Waals surface area contributed by atoms with Crippen LogP contribution in [0.25, 0.3) is 0 Å². The first kappa shape index (κ1) is 12.3. The van der Waals surface area contributed by atoms with Crippen LogP contribution in [0.4, 0.5) is 5.13 Å². The van der Waals surface area contributed by atoms with Crippen LogP contribution in [0.5, 0.6) is 0 Å². The van der Waals surface area contributed by atoms with Crippen LogP contribution in [-0.4, -0.2) is 35.3 Å². The van der Waals surface area contributed by atoms with Gasteiger partial charge in [-0.05, 0) is 20.3 Å². The largest absolute Gasteiger partial charge is 0.476 e. The van der Waals surface area contributed by atoms with Gasteiger partial charge in [0, 0.05) is 23.9 Å². The topological polar surface area (TPSA) is 71.5 Å². The molecular weight excluding hydrogens is 240 g/mol. The van der Waals surface area contributed by atoms with Gasteiger partial charge in [0.1, 0.15) is 0 Å². The second-order valence-electron chi connectivity index (χ2n) is 4.23. The Labute approximate surface area is 104 Å². The minimum absolute atomic E-state index is 0.147. The zero-order chi connectivity index (χ0) is 12.4. The Morgan fingerprint density at radius 2 is 2.47 bits per heavy atom. The third-order valence-electron chi connectivity index (χ3n) is 3.05. The number of ether oxygens (including phenoxy) is 1. The summed E-state index contributed by atoms with van der Waals surface area (Å²) in [4.78, 5) is 15.6. The lowest BCUT2D eigenvalue weighted by atomic mass is 10.0. The summed E-state index contributed by atoms with van der Waals surface area (Å²) in [5.41, 5.74) is 0.147. The third-order valence-corrected chi connectivity index (χ3v) is 3.98. The lowest BCUT2D eigenvalue weighted by Gasteiger charge is -2.13. The Bertz CT molecular complexity index is 419. The molecule has 1 aliphatic rings. The number of carboxylic acid groups (broad SMARTS) is 1. The van der Waals surface area contributed by atoms with Crippen LogP contribution in [-0.2, 0) is 4.74 Å². The maximum Gasteiger partial charge on any atom is 0.355 e. The molecule has 2 heterocycles. The zero-order valence-electron chi connectivity index (χ0n) is 9.90. The highest BCUT2D eigenvalue weighted by atomic mass is 32.1. The average molecular weight is 256 g/mol. The fourth-order valence-electron chi connectivity index (χ4n) is 1.93. The summed E-state index contributed by atoms with van der Waals surface area (Å²) in [5.74, 6) is -0.489. The van der Waals surface area contributed by atoms with E-state index in [1.54, 1.807) is 6.92 Å². The lowest BCUT2D eigenvalue weighted by Crippen LogP contribution is -2.20. The normalized spacial score (nSPS) is 23.9. The number of nitrogens with zero attached hydrogens (tertiary/aromatic N) is 1. The van der Waals surface area contributed by atoms with E-state index in [0.717, 1.165) is 24.4 Å². The summed E-state index contributed by atoms with van der Waals surface area (Å²) in [5, 5.41) is 12.8. The van der Waals surface area contributed by atoms with Gasteiger partial charge in [0.25, 0.3) is 0 Å². The third kappa shape index (κ3) is 2.76. The van der Waals surface area contributed by atoms with Gasteiger partial charge < -0.3 is 15.2 Å². The van der Waals surface area contributed by atoms with Gasteiger partial charge in [-0.2, -0.15) is 0 Å². The van der Waals surface area contributed by atoms with E-state index in [1.165, 1.54) is 11.3 Å². The van der Waals surface area contributed by atoms with Gasteiger partial charge in [-0.15, -0.1) is 11.3 Å². The molecule has 0 bridgehead atoms. The number of hydrogen-bond acceptors (Lipinski definition) is 5. The predicted molar refractivity (Wildman–Crippen MR) is 65.8 cm³/mol. The van der Waals surface area contributed by atoms with Crippen molar-refractivity contribution in [3.05, 3.63) is 10.6 Å². The summed E-state index contributed by atoms with van der Waals surface area (Å²) in [7, 11) is 0. The number of nitrogens with one attached hydrogen (secondary N) is 1. The molecule has 2 N–H and O–H groups in total. The number of hydrogen-bond donors (Lipinski definition) is 2. The fourth-order valence-corrected chi connectivity index (χ4v) is 2.75. The molecule has 1 aromatic rings. The number of thiazole rings is 1. The van der Waals surface area contributed by atoms with Crippen LogP contribution in [0, 0.1) is 12.8 Å². The van der Waals surface area contributed by atoms with Crippen LogP contribution in [0.2, 0.25) is 0 Å². The standard InChI is InChI=1S/C11H16N2O3S/c1-6-8(3-4-16-6)5-12-11-13-9(10(14)15)7(2)17-11/h6,8H,3-5H2,1-2H3,(H,12,13)(H,14,15). The van der Waals surface area contributed by atoms with Crippen molar-refractivity contribution in [2.75, 3.05) is 18.5 Å². The van der Waals surface area contributed by atoms with Gasteiger partial charge in [-0.3, -0.25) is 0 Å². The molecular formula is C11H16N2O3S. The summed E-state index contributed by atoms with van der Waals surface area (Å²) in [6.45, 7) is 5.43. The molecule has 6 heteroatoms. The first-order valence-electron chi connectivity index (χ1n) is 5.64. The molecule has 1 fully saturated rings. The summed E-state index contributed by atoms with van der Waals surface area (Å²) in [6.07, 6.45) is 1.31. The maximum absolute atomic E-state index is 10.8. The first-order valence-corrected chi connectivity index (χ1v) is 6.45. The van der Waals surface area contributed by atoms with E-state index < -0.39 is 5.97 Å². The van der Waals surface area contributed by atoms with E-state index in [9.17, 15) is 4.79 Å². The number of carbonyl (C=O) groups is 1. The Kier molecular flexibility index (Phi) is 3.63. The Morgan fingerprint density at radius 3 is 3.00 bits per heavy atom. The molecule has 1 aromatic heterocycles. The van der Waals surface area contributed by atoms with Gasteiger partial charge in [-0.1, -0.05) is 0 Å². The molecule has 0 spiro atoms. The molecule has 0 aromatic carbocycles. The molecule has 1 aliphatic heterocycles. The minimum atomic E-state index is -0.968. The highest BCUT2D eigenvalue weighted by Crippen LogP contribution is 2.25. The molecule has 0 amide bonds. The SMILES string of the molecule is Cc1sc(NCC2CCOC2C)nc1C(=O)O. The molecule has 0 saturated carbocycles. The van der Waals surface area contributed by atoms with Crippen LogP contribution in [0.3, 0.4) is 0 Å². The van der Waals surface area contributed by atoms with Crippen molar-refractivity contribution in [1.29, 1.82) is 0 Å². The van der Waals surface area contributed by atoms with E-state index in [0.29, 0.717) is 11.0 Å². The van der Waals surface area contributed by atoms with Crippen LogP contribution in [0.15, 0.2) is 0 Å². The number of carboxylic acids is 1. The highest BCUT2D eigenvalue weighted by molar-refractivity contribution is 7.15. The van der Waals surface area contributed by atoms with Crippen molar-refractivity contribution < 1.29 is 14.6 Å². The Hall–Kier alpha value is -1.14. The van der Waals surface area contributed by atoms with Gasteiger partial charge in [-0.25, -0.2) is 9.78 Å². The summed E-state index contributed by atoms with van der Waals surface area (Å²) >= 11 is 1.38. The van der Waals surface area contributed by atoms with Crippen LogP contribution in [0.1, 0.15) is 28.7 Å². The number of aryl methyl sites for hydroxylation is 1. The fraction of sp³-hybridized carbons (Fsp3) is 0.636. The quantitative estimate of drug-likeness (QED) is 0.862. The van der Waals surface area contributed by atoms with Gasteiger partial charge >= 0.3 is 5.97 Å². The van der Waals surface area contributed by atoms with Crippen LogP contribution < -0.4 is 5.32 Å². The molecule has 0 aliphatic carbocycles. The van der Waals surface area contributed by atoms with E-state index in [4.69, 9.17) is 9.84 Å². The number of aromatic carboxylic acids is 1. The molecule has 94 valence electrons. The first-order chi connectivity index (χ1) is 8.08. The second kappa shape index (κ2) is 5.01. The molecule has 2 unspecified atom stereocenters. The van der Waals surface area contributed by atoms with E-state index in [1.807, 2.05) is 0 Å². The summed E-state index contributed by atoms with van der Waals surface area (Å²) < 4.78 is 5.47. The molecule has 0 radical (unpaired) electrons. The maximum atomic E-state index is 10.8. The van der Waals surface area contributed by atoms with Crippen LogP contribution >= 0.6 is 11.3 Å². The molecule has 1 saturated heterocycles. The molecule has 17 heavy (non-hydrogen) atoms. The van der Waals surface area contributed by atoms with Crippen molar-refractivity contribution >= 4 is 22.4 Å². The highest BCUT2D eigenvalue weighted by Gasteiger charge is 2.24. The number of anilines is 1. The minimum Gasteiger partial charge on any atom is -0.476 e. The van der Waals surface area contributed by atoms with Gasteiger partial charge in [0.05, 0.1) is 6.10 Å². The van der Waals surface area contributed by atoms with Crippen molar-refractivity contribution in [3.8, 4) is 0 Å². The zero-order valence-corrected chi connectivity index (χ0v) is 10.7. The number of aromatic nitrogens is 1. The predicted octanol–water partition coefficient (Wildman–Crippen LogP) is 1.99. The van der Waals surface area contributed by atoms with Crippen molar-refractivity contribution in [2.45, 2.75) is 26.4 Å². The summed E-state index contributed by atoms with van der Waals surface area (Å²) in [6, 6.07) is 0. The Morgan fingerprint density at radius 1 is 1.71 bits per heavy atom. The monoisotopic (exact) mass is 256 g/mol.